The summed E-state index contributed by atoms with van der Waals surface area (Å²) in [6, 6.07) is 1.61. The molecule has 1 atom stereocenters. The second-order valence-electron chi connectivity index (χ2n) is 4.16. The molecule has 9 heteroatoms. The summed E-state index contributed by atoms with van der Waals surface area (Å²) in [7, 11) is -3.20. The summed E-state index contributed by atoms with van der Waals surface area (Å²) >= 11 is 6.48. The van der Waals surface area contributed by atoms with Gasteiger partial charge in [-0.05, 0) is 6.07 Å². The molecule has 0 bridgehead atoms. The van der Waals surface area contributed by atoms with Crippen molar-refractivity contribution in [3.8, 4) is 0 Å². The van der Waals surface area contributed by atoms with E-state index in [2.05, 4.69) is 9.97 Å². The molecule has 2 rings (SSSR count). The summed E-state index contributed by atoms with van der Waals surface area (Å²) in [4.78, 5) is 10.2. The Labute approximate surface area is 121 Å². The standard InChI is InChI=1S/C10H14N4O2S3/c1-19(15,16)8-6-18-5-4-14(8)10-12-3-2-7(13-10)9(11)17/h2-3,8H,4-6H2,1H3,(H2,11,17). The Balaban J connectivity index is 2.38. The second kappa shape index (κ2) is 5.59. The van der Waals surface area contributed by atoms with Crippen LogP contribution in [0.15, 0.2) is 12.3 Å². The summed E-state index contributed by atoms with van der Waals surface area (Å²) in [5, 5.41) is -0.604. The number of sulfone groups is 1. The fourth-order valence-electron chi connectivity index (χ4n) is 1.79. The van der Waals surface area contributed by atoms with Crippen molar-refractivity contribution in [2.24, 2.45) is 5.73 Å². The van der Waals surface area contributed by atoms with Gasteiger partial charge in [-0.25, -0.2) is 18.4 Å². The summed E-state index contributed by atoms with van der Waals surface area (Å²) in [6.07, 6.45) is 2.77. The highest BCUT2D eigenvalue weighted by Crippen LogP contribution is 2.24. The summed E-state index contributed by atoms with van der Waals surface area (Å²) < 4.78 is 23.7. The summed E-state index contributed by atoms with van der Waals surface area (Å²) in [5.41, 5.74) is 5.98. The van der Waals surface area contributed by atoms with Gasteiger partial charge in [-0.3, -0.25) is 0 Å². The van der Waals surface area contributed by atoms with Crippen LogP contribution in [-0.2, 0) is 9.84 Å². The van der Waals surface area contributed by atoms with Crippen molar-refractivity contribution in [2.75, 3.05) is 29.2 Å². The van der Waals surface area contributed by atoms with Gasteiger partial charge >= 0.3 is 0 Å². The zero-order chi connectivity index (χ0) is 14.0. The van der Waals surface area contributed by atoms with Crippen molar-refractivity contribution in [1.82, 2.24) is 9.97 Å². The van der Waals surface area contributed by atoms with E-state index in [9.17, 15) is 8.42 Å². The van der Waals surface area contributed by atoms with E-state index in [0.29, 0.717) is 23.9 Å². The van der Waals surface area contributed by atoms with Crippen molar-refractivity contribution in [1.29, 1.82) is 0 Å². The number of thioether (sulfide) groups is 1. The van der Waals surface area contributed by atoms with Crippen LogP contribution in [0.2, 0.25) is 0 Å². The zero-order valence-corrected chi connectivity index (χ0v) is 12.8. The molecule has 0 aliphatic carbocycles. The van der Waals surface area contributed by atoms with Crippen molar-refractivity contribution >= 4 is 44.8 Å². The monoisotopic (exact) mass is 318 g/mol. The molecule has 1 fully saturated rings. The molecule has 0 spiro atoms. The molecule has 6 nitrogen and oxygen atoms in total. The van der Waals surface area contributed by atoms with Gasteiger partial charge < -0.3 is 10.6 Å². The Morgan fingerprint density at radius 3 is 3.00 bits per heavy atom. The largest absolute Gasteiger partial charge is 0.388 e. The van der Waals surface area contributed by atoms with E-state index in [4.69, 9.17) is 18.0 Å². The number of thiocarbonyl (C=S) groups is 1. The predicted octanol–water partition coefficient (Wildman–Crippen LogP) is 0.0347. The molecule has 1 aromatic rings. The van der Waals surface area contributed by atoms with Gasteiger partial charge in [-0.15, -0.1) is 0 Å². The van der Waals surface area contributed by atoms with Gasteiger partial charge in [0, 0.05) is 30.5 Å². The molecular formula is C10H14N4O2S3. The maximum atomic E-state index is 11.8. The maximum absolute atomic E-state index is 11.8. The lowest BCUT2D eigenvalue weighted by Gasteiger charge is -2.34. The summed E-state index contributed by atoms with van der Waals surface area (Å²) in [5.74, 6) is 1.72. The van der Waals surface area contributed by atoms with Crippen LogP contribution < -0.4 is 10.6 Å². The molecule has 1 aliphatic heterocycles. The van der Waals surface area contributed by atoms with Crippen LogP contribution in [0, 0.1) is 0 Å². The van der Waals surface area contributed by atoms with Crippen LogP contribution in [0.1, 0.15) is 5.69 Å². The normalized spacial score (nSPS) is 20.3. The van der Waals surface area contributed by atoms with Crippen molar-refractivity contribution < 1.29 is 8.42 Å². The first-order chi connectivity index (χ1) is 8.89. The van der Waals surface area contributed by atoms with Gasteiger partial charge in [0.2, 0.25) is 5.95 Å². The SMILES string of the molecule is CS(=O)(=O)C1CSCCN1c1nccc(C(N)=S)n1. The molecule has 0 aromatic carbocycles. The summed E-state index contributed by atoms with van der Waals surface area (Å²) in [6.45, 7) is 0.586. The van der Waals surface area contributed by atoms with Gasteiger partial charge in [-0.2, -0.15) is 11.8 Å². The highest BCUT2D eigenvalue weighted by molar-refractivity contribution is 8.01. The third kappa shape index (κ3) is 3.34. The second-order valence-corrected chi connectivity index (χ2v) is 7.95. The number of anilines is 1. The zero-order valence-electron chi connectivity index (χ0n) is 10.3. The third-order valence-electron chi connectivity index (χ3n) is 2.73. The minimum Gasteiger partial charge on any atom is -0.388 e. The van der Waals surface area contributed by atoms with Gasteiger partial charge in [0.15, 0.2) is 9.84 Å². The highest BCUT2D eigenvalue weighted by Gasteiger charge is 2.32. The minimum absolute atomic E-state index is 0.172. The van der Waals surface area contributed by atoms with Crippen LogP contribution in [0.4, 0.5) is 5.95 Å². The van der Waals surface area contributed by atoms with Crippen LogP contribution in [0.3, 0.4) is 0 Å². The molecule has 2 heterocycles. The average Bonchev–Trinajstić information content (AvgIpc) is 2.38. The van der Waals surface area contributed by atoms with E-state index in [1.165, 1.54) is 12.5 Å². The average molecular weight is 318 g/mol. The first kappa shape index (κ1) is 14.5. The highest BCUT2D eigenvalue weighted by atomic mass is 32.2. The number of nitrogens with zero attached hydrogens (tertiary/aromatic N) is 3. The number of hydrogen-bond acceptors (Lipinski definition) is 7. The molecule has 1 aliphatic rings. The van der Waals surface area contributed by atoms with Crippen LogP contribution in [0.5, 0.6) is 0 Å². The Hall–Kier alpha value is -0.930. The molecule has 2 N–H and O–H groups in total. The molecule has 1 aromatic heterocycles. The van der Waals surface area contributed by atoms with Crippen LogP contribution in [0.25, 0.3) is 0 Å². The number of rotatable bonds is 3. The molecule has 19 heavy (non-hydrogen) atoms. The molecule has 1 unspecified atom stereocenters. The Bertz CT molecular complexity index is 590. The molecule has 0 amide bonds. The van der Waals surface area contributed by atoms with Crippen molar-refractivity contribution in [3.63, 3.8) is 0 Å². The van der Waals surface area contributed by atoms with Gasteiger partial charge in [0.1, 0.15) is 16.1 Å². The van der Waals surface area contributed by atoms with Gasteiger partial charge in [0.05, 0.1) is 0 Å². The van der Waals surface area contributed by atoms with E-state index in [-0.39, 0.29) is 4.99 Å². The lowest BCUT2D eigenvalue weighted by molar-refractivity contribution is 0.582. The Morgan fingerprint density at radius 1 is 1.63 bits per heavy atom. The predicted molar refractivity (Wildman–Crippen MR) is 81.2 cm³/mol. The smallest absolute Gasteiger partial charge is 0.227 e. The van der Waals surface area contributed by atoms with Gasteiger partial charge in [0.25, 0.3) is 0 Å². The molecule has 0 radical (unpaired) electrons. The topological polar surface area (TPSA) is 89.2 Å². The fourth-order valence-corrected chi connectivity index (χ4v) is 4.72. The Kier molecular flexibility index (Phi) is 4.26. The molecule has 104 valence electrons. The number of aromatic nitrogens is 2. The van der Waals surface area contributed by atoms with Gasteiger partial charge in [-0.1, -0.05) is 12.2 Å². The van der Waals surface area contributed by atoms with E-state index < -0.39 is 15.2 Å². The first-order valence-corrected chi connectivity index (χ1v) is 9.07. The minimum atomic E-state index is -3.20. The maximum Gasteiger partial charge on any atom is 0.227 e. The number of nitrogens with two attached hydrogens (primary N) is 1. The molecule has 0 saturated carbocycles. The lowest BCUT2D eigenvalue weighted by Crippen LogP contribution is -2.47. The quantitative estimate of drug-likeness (QED) is 0.781. The number of hydrogen-bond donors (Lipinski definition) is 1. The third-order valence-corrected chi connectivity index (χ3v) is 5.58. The van der Waals surface area contributed by atoms with E-state index in [1.54, 1.807) is 22.7 Å². The van der Waals surface area contributed by atoms with Crippen molar-refractivity contribution in [2.45, 2.75) is 5.37 Å². The van der Waals surface area contributed by atoms with E-state index >= 15 is 0 Å². The Morgan fingerprint density at radius 2 is 2.37 bits per heavy atom. The van der Waals surface area contributed by atoms with E-state index in [0.717, 1.165) is 5.75 Å². The lowest BCUT2D eigenvalue weighted by atomic mass is 10.4. The fraction of sp³-hybridized carbons (Fsp3) is 0.500. The molecule has 1 saturated heterocycles. The first-order valence-electron chi connectivity index (χ1n) is 5.55. The van der Waals surface area contributed by atoms with Crippen molar-refractivity contribution in [3.05, 3.63) is 18.0 Å². The molecular weight excluding hydrogens is 304 g/mol. The van der Waals surface area contributed by atoms with Crippen LogP contribution >= 0.6 is 24.0 Å². The van der Waals surface area contributed by atoms with E-state index in [1.807, 2.05) is 0 Å². The van der Waals surface area contributed by atoms with Crippen LogP contribution in [-0.4, -0.2) is 53.1 Å².